The van der Waals surface area contributed by atoms with Gasteiger partial charge in [0, 0.05) is 23.9 Å². The third-order valence-electron chi connectivity index (χ3n) is 6.57. The van der Waals surface area contributed by atoms with Gasteiger partial charge in [-0.25, -0.2) is 0 Å². The van der Waals surface area contributed by atoms with Gasteiger partial charge in [0.1, 0.15) is 12.4 Å². The smallest absolute Gasteiger partial charge is 0.220 e. The number of benzene rings is 3. The number of nitrogens with one attached hydrogen (secondary N) is 1. The molecule has 0 saturated carbocycles. The van der Waals surface area contributed by atoms with E-state index in [2.05, 4.69) is 17.4 Å². The fraction of sp³-hybridized carbons (Fsp3) is 0.286. The lowest BCUT2D eigenvalue weighted by Gasteiger charge is -2.24. The molecule has 0 aliphatic heterocycles. The molecule has 0 bridgehead atoms. The summed E-state index contributed by atoms with van der Waals surface area (Å²) in [5.41, 5.74) is 5.48. The van der Waals surface area contributed by atoms with E-state index in [0.717, 1.165) is 41.7 Å². The fourth-order valence-corrected chi connectivity index (χ4v) is 4.89. The van der Waals surface area contributed by atoms with Crippen molar-refractivity contribution >= 4 is 11.7 Å². The van der Waals surface area contributed by atoms with Crippen LogP contribution in [0.3, 0.4) is 0 Å². The molecule has 0 heterocycles. The van der Waals surface area contributed by atoms with E-state index in [1.165, 1.54) is 11.1 Å². The van der Waals surface area contributed by atoms with E-state index in [-0.39, 0.29) is 30.1 Å². The molecule has 0 spiro atoms. The van der Waals surface area contributed by atoms with Gasteiger partial charge in [0.15, 0.2) is 5.78 Å². The molecule has 0 saturated heterocycles. The van der Waals surface area contributed by atoms with Crippen LogP contribution >= 0.6 is 0 Å². The molecule has 4 heteroatoms. The molecule has 0 aromatic heterocycles. The highest BCUT2D eigenvalue weighted by Gasteiger charge is 2.30. The molecule has 1 amide bonds. The number of fused-ring (bicyclic) bond motifs is 2. The van der Waals surface area contributed by atoms with Crippen LogP contribution in [0, 0.1) is 5.92 Å². The van der Waals surface area contributed by atoms with E-state index in [1.54, 1.807) is 0 Å². The number of aryl methyl sites for hydroxylation is 1. The number of Topliss-reactive ketones (excluding diaryl/α,β-unsaturated/α-hetero) is 1. The number of ketones is 1. The summed E-state index contributed by atoms with van der Waals surface area (Å²) in [6.45, 7) is 0.501. The summed E-state index contributed by atoms with van der Waals surface area (Å²) in [6.07, 6.45) is 3.49. The van der Waals surface area contributed by atoms with E-state index in [0.29, 0.717) is 13.0 Å². The van der Waals surface area contributed by atoms with Gasteiger partial charge < -0.3 is 10.1 Å². The van der Waals surface area contributed by atoms with Crippen molar-refractivity contribution in [2.45, 2.75) is 44.8 Å². The largest absolute Gasteiger partial charge is 0.489 e. The van der Waals surface area contributed by atoms with Gasteiger partial charge >= 0.3 is 0 Å². The second-order valence-electron chi connectivity index (χ2n) is 8.84. The Bertz CT molecular complexity index is 1110. The fourth-order valence-electron chi connectivity index (χ4n) is 4.89. The third kappa shape index (κ3) is 4.45. The SMILES string of the molecule is O=C(CC1CCc2cc(OCc3ccccc3)ccc2C1=O)NC1Cc2ccccc2C1. The molecule has 1 N–H and O–H groups in total. The van der Waals surface area contributed by atoms with Crippen LogP contribution in [0.15, 0.2) is 72.8 Å². The first kappa shape index (κ1) is 20.5. The Morgan fingerprint density at radius 3 is 2.38 bits per heavy atom. The predicted molar refractivity (Wildman–Crippen MR) is 124 cm³/mol. The number of ether oxygens (including phenoxy) is 1. The highest BCUT2D eigenvalue weighted by molar-refractivity contribution is 6.02. The maximum atomic E-state index is 13.0. The minimum atomic E-state index is -0.248. The summed E-state index contributed by atoms with van der Waals surface area (Å²) in [6, 6.07) is 24.2. The molecular formula is C28H27NO3. The average Bonchev–Trinajstić information content (AvgIpc) is 3.22. The van der Waals surface area contributed by atoms with Gasteiger partial charge in [-0.2, -0.15) is 0 Å². The van der Waals surface area contributed by atoms with E-state index in [4.69, 9.17) is 4.74 Å². The van der Waals surface area contributed by atoms with Gasteiger partial charge in [-0.3, -0.25) is 9.59 Å². The number of rotatable bonds is 6. The Hall–Kier alpha value is -3.40. The Labute approximate surface area is 188 Å². The molecule has 0 radical (unpaired) electrons. The molecule has 5 rings (SSSR count). The Balaban J connectivity index is 1.17. The molecule has 162 valence electrons. The van der Waals surface area contributed by atoms with Gasteiger partial charge in [0.25, 0.3) is 0 Å². The topological polar surface area (TPSA) is 55.4 Å². The number of hydrogen-bond donors (Lipinski definition) is 1. The lowest BCUT2D eigenvalue weighted by atomic mass is 9.81. The Morgan fingerprint density at radius 1 is 0.906 bits per heavy atom. The third-order valence-corrected chi connectivity index (χ3v) is 6.57. The summed E-state index contributed by atoms with van der Waals surface area (Å²) in [5.74, 6) is 0.581. The molecule has 2 aliphatic carbocycles. The van der Waals surface area contributed by atoms with Crippen molar-refractivity contribution in [3.05, 3.63) is 101 Å². The number of carbonyl (C=O) groups is 2. The van der Waals surface area contributed by atoms with Crippen molar-refractivity contribution in [2.24, 2.45) is 5.92 Å². The molecule has 2 aliphatic rings. The second kappa shape index (κ2) is 8.99. The van der Waals surface area contributed by atoms with Gasteiger partial charge in [0.2, 0.25) is 5.91 Å². The second-order valence-corrected chi connectivity index (χ2v) is 8.84. The van der Waals surface area contributed by atoms with E-state index >= 15 is 0 Å². The van der Waals surface area contributed by atoms with Crippen LogP contribution in [0.5, 0.6) is 5.75 Å². The summed E-state index contributed by atoms with van der Waals surface area (Å²) >= 11 is 0. The molecule has 3 aromatic carbocycles. The number of carbonyl (C=O) groups excluding carboxylic acids is 2. The first-order valence-electron chi connectivity index (χ1n) is 11.4. The molecule has 1 atom stereocenters. The van der Waals surface area contributed by atoms with Crippen LogP contribution in [0.4, 0.5) is 0 Å². The summed E-state index contributed by atoms with van der Waals surface area (Å²) < 4.78 is 5.91. The van der Waals surface area contributed by atoms with Gasteiger partial charge in [0.05, 0.1) is 0 Å². The summed E-state index contributed by atoms with van der Waals surface area (Å²) in [5, 5.41) is 3.15. The van der Waals surface area contributed by atoms with E-state index in [1.807, 2.05) is 60.7 Å². The zero-order chi connectivity index (χ0) is 21.9. The van der Waals surface area contributed by atoms with Crippen molar-refractivity contribution in [2.75, 3.05) is 0 Å². The zero-order valence-corrected chi connectivity index (χ0v) is 18.1. The highest BCUT2D eigenvalue weighted by Crippen LogP contribution is 2.31. The molecule has 32 heavy (non-hydrogen) atoms. The minimum Gasteiger partial charge on any atom is -0.489 e. The Kier molecular flexibility index (Phi) is 5.76. The van der Waals surface area contributed by atoms with Gasteiger partial charge in [-0.05, 0) is 66.1 Å². The van der Waals surface area contributed by atoms with Gasteiger partial charge in [-0.1, -0.05) is 54.6 Å². The van der Waals surface area contributed by atoms with Crippen LogP contribution in [0.1, 0.15) is 45.5 Å². The maximum Gasteiger partial charge on any atom is 0.220 e. The lowest BCUT2D eigenvalue weighted by molar-refractivity contribution is -0.122. The maximum absolute atomic E-state index is 13.0. The van der Waals surface area contributed by atoms with Crippen LogP contribution < -0.4 is 10.1 Å². The van der Waals surface area contributed by atoms with Crippen molar-refractivity contribution in [1.82, 2.24) is 5.32 Å². The Morgan fingerprint density at radius 2 is 1.62 bits per heavy atom. The average molecular weight is 426 g/mol. The molecule has 0 fully saturated rings. The molecular weight excluding hydrogens is 398 g/mol. The zero-order valence-electron chi connectivity index (χ0n) is 18.1. The van der Waals surface area contributed by atoms with Crippen molar-refractivity contribution in [1.29, 1.82) is 0 Å². The monoisotopic (exact) mass is 425 g/mol. The molecule has 3 aromatic rings. The van der Waals surface area contributed by atoms with Crippen LogP contribution in [0.25, 0.3) is 0 Å². The lowest BCUT2D eigenvalue weighted by Crippen LogP contribution is -2.38. The predicted octanol–water partition coefficient (Wildman–Crippen LogP) is 4.68. The minimum absolute atomic E-state index is 0.0209. The quantitative estimate of drug-likeness (QED) is 0.624. The van der Waals surface area contributed by atoms with Crippen LogP contribution in [-0.4, -0.2) is 17.7 Å². The van der Waals surface area contributed by atoms with Crippen molar-refractivity contribution in [3.63, 3.8) is 0 Å². The van der Waals surface area contributed by atoms with Crippen LogP contribution in [0.2, 0.25) is 0 Å². The van der Waals surface area contributed by atoms with E-state index < -0.39 is 0 Å². The van der Waals surface area contributed by atoms with Crippen LogP contribution in [-0.2, 0) is 30.7 Å². The standard InChI is InChI=1S/C28H27NO3/c30-27(29-24-14-20-8-4-5-9-21(20)15-24)17-23-11-10-22-16-25(12-13-26(22)28(23)31)32-18-19-6-2-1-3-7-19/h1-9,12-13,16,23-24H,10-11,14-15,17-18H2,(H,29,30). The summed E-state index contributed by atoms with van der Waals surface area (Å²) in [4.78, 5) is 25.7. The van der Waals surface area contributed by atoms with E-state index in [9.17, 15) is 9.59 Å². The normalized spacial score (nSPS) is 17.5. The van der Waals surface area contributed by atoms with Crippen molar-refractivity contribution < 1.29 is 14.3 Å². The van der Waals surface area contributed by atoms with Gasteiger partial charge in [-0.15, -0.1) is 0 Å². The number of hydrogen-bond acceptors (Lipinski definition) is 3. The first-order chi connectivity index (χ1) is 15.7. The summed E-state index contributed by atoms with van der Waals surface area (Å²) in [7, 11) is 0. The van der Waals surface area contributed by atoms with Crippen molar-refractivity contribution in [3.8, 4) is 5.75 Å². The molecule has 1 unspecified atom stereocenters. The first-order valence-corrected chi connectivity index (χ1v) is 11.4. The molecule has 4 nitrogen and oxygen atoms in total. The highest BCUT2D eigenvalue weighted by atomic mass is 16.5. The number of amides is 1.